The molecule has 0 aliphatic rings. The molecule has 138 valence electrons. The summed E-state index contributed by atoms with van der Waals surface area (Å²) in [4.78, 5) is 47.7. The summed E-state index contributed by atoms with van der Waals surface area (Å²) in [6.07, 6.45) is 1.35. The van der Waals surface area contributed by atoms with E-state index in [0.29, 0.717) is 16.5 Å². The molecule has 0 aliphatic heterocycles. The third-order valence-electron chi connectivity index (χ3n) is 3.92. The van der Waals surface area contributed by atoms with Crippen molar-refractivity contribution in [3.63, 3.8) is 0 Å². The SMILES string of the molecule is Cn1nc(CC(=O)NNC(=O)Cn2ccccc2=O)c2ccccc2c1=O. The Morgan fingerprint density at radius 3 is 2.37 bits per heavy atom. The van der Waals surface area contributed by atoms with Crippen molar-refractivity contribution >= 4 is 22.6 Å². The van der Waals surface area contributed by atoms with Crippen LogP contribution in [0.4, 0.5) is 0 Å². The molecule has 0 atom stereocenters. The number of hydrazine groups is 1. The van der Waals surface area contributed by atoms with E-state index >= 15 is 0 Å². The zero-order valence-corrected chi connectivity index (χ0v) is 14.5. The number of rotatable bonds is 4. The van der Waals surface area contributed by atoms with Crippen molar-refractivity contribution in [1.82, 2.24) is 25.2 Å². The van der Waals surface area contributed by atoms with E-state index in [1.807, 2.05) is 0 Å². The van der Waals surface area contributed by atoms with Crippen molar-refractivity contribution in [3.05, 3.63) is 75.1 Å². The van der Waals surface area contributed by atoms with Crippen LogP contribution in [0.5, 0.6) is 0 Å². The van der Waals surface area contributed by atoms with Crippen LogP contribution in [-0.2, 0) is 29.6 Å². The van der Waals surface area contributed by atoms with Crippen molar-refractivity contribution in [2.45, 2.75) is 13.0 Å². The molecule has 9 heteroatoms. The molecule has 0 saturated carbocycles. The number of nitrogens with one attached hydrogen (secondary N) is 2. The van der Waals surface area contributed by atoms with E-state index in [1.54, 1.807) is 36.4 Å². The summed E-state index contributed by atoms with van der Waals surface area (Å²) >= 11 is 0. The number of aromatic nitrogens is 3. The van der Waals surface area contributed by atoms with Crippen LogP contribution in [0.3, 0.4) is 0 Å². The molecule has 2 aromatic heterocycles. The highest BCUT2D eigenvalue weighted by Crippen LogP contribution is 2.13. The molecule has 3 aromatic rings. The second-order valence-corrected chi connectivity index (χ2v) is 5.86. The molecular weight excluding hydrogens is 350 g/mol. The largest absolute Gasteiger partial charge is 0.306 e. The van der Waals surface area contributed by atoms with Gasteiger partial charge in [-0.05, 0) is 12.1 Å². The first-order valence-electron chi connectivity index (χ1n) is 8.14. The average molecular weight is 367 g/mol. The van der Waals surface area contributed by atoms with Gasteiger partial charge in [0.25, 0.3) is 17.0 Å². The maximum absolute atomic E-state index is 12.2. The highest BCUT2D eigenvalue weighted by molar-refractivity contribution is 5.89. The third-order valence-corrected chi connectivity index (χ3v) is 3.92. The molecule has 0 saturated heterocycles. The summed E-state index contributed by atoms with van der Waals surface area (Å²) in [6.45, 7) is -0.221. The van der Waals surface area contributed by atoms with Crippen LogP contribution in [0.2, 0.25) is 0 Å². The molecule has 0 aliphatic carbocycles. The maximum atomic E-state index is 12.2. The first kappa shape index (κ1) is 18.1. The minimum atomic E-state index is -0.546. The average Bonchev–Trinajstić information content (AvgIpc) is 2.66. The molecule has 3 rings (SSSR count). The Labute approximate surface area is 153 Å². The Bertz CT molecular complexity index is 1130. The van der Waals surface area contributed by atoms with Gasteiger partial charge in [-0.15, -0.1) is 0 Å². The van der Waals surface area contributed by atoms with E-state index in [4.69, 9.17) is 0 Å². The fourth-order valence-corrected chi connectivity index (χ4v) is 2.63. The number of aryl methyl sites for hydroxylation is 1. The molecule has 2 N–H and O–H groups in total. The summed E-state index contributed by atoms with van der Waals surface area (Å²) in [5.74, 6) is -1.05. The zero-order chi connectivity index (χ0) is 19.4. The highest BCUT2D eigenvalue weighted by atomic mass is 16.2. The van der Waals surface area contributed by atoms with Crippen LogP contribution in [0.1, 0.15) is 5.69 Å². The Hall–Kier alpha value is -3.75. The Kier molecular flexibility index (Phi) is 5.11. The molecular formula is C18H17N5O4. The Morgan fingerprint density at radius 1 is 0.963 bits per heavy atom. The van der Waals surface area contributed by atoms with Gasteiger partial charge in [-0.2, -0.15) is 5.10 Å². The minimum Gasteiger partial charge on any atom is -0.306 e. The summed E-state index contributed by atoms with van der Waals surface area (Å²) in [5.41, 5.74) is 4.39. The standard InChI is InChI=1S/C18H17N5O4/c1-22-18(27)13-7-3-2-6-12(13)14(21-22)10-15(24)19-20-16(25)11-23-9-5-4-8-17(23)26/h2-9H,10-11H2,1H3,(H,19,24)(H,20,25). The van der Waals surface area contributed by atoms with Gasteiger partial charge in [0.15, 0.2) is 0 Å². The lowest BCUT2D eigenvalue weighted by Gasteiger charge is -2.10. The lowest BCUT2D eigenvalue weighted by atomic mass is 10.1. The Morgan fingerprint density at radius 2 is 1.63 bits per heavy atom. The molecule has 2 heterocycles. The van der Waals surface area contributed by atoms with Crippen LogP contribution >= 0.6 is 0 Å². The number of amides is 2. The van der Waals surface area contributed by atoms with Crippen molar-refractivity contribution in [3.8, 4) is 0 Å². The normalized spacial score (nSPS) is 10.6. The summed E-state index contributed by atoms with van der Waals surface area (Å²) in [6, 6.07) is 11.4. The van der Waals surface area contributed by atoms with Gasteiger partial charge in [-0.1, -0.05) is 24.3 Å². The van der Waals surface area contributed by atoms with Crippen LogP contribution in [0.15, 0.2) is 58.3 Å². The monoisotopic (exact) mass is 367 g/mol. The zero-order valence-electron chi connectivity index (χ0n) is 14.5. The first-order chi connectivity index (χ1) is 13.0. The molecule has 0 radical (unpaired) electrons. The topological polar surface area (TPSA) is 115 Å². The number of hydrogen-bond donors (Lipinski definition) is 2. The van der Waals surface area contributed by atoms with E-state index in [9.17, 15) is 19.2 Å². The lowest BCUT2D eigenvalue weighted by Crippen LogP contribution is -2.44. The molecule has 9 nitrogen and oxygen atoms in total. The molecule has 0 unspecified atom stereocenters. The van der Waals surface area contributed by atoms with Crippen LogP contribution < -0.4 is 22.0 Å². The van der Waals surface area contributed by atoms with Gasteiger partial charge in [-0.25, -0.2) is 4.68 Å². The Balaban J connectivity index is 1.66. The number of carbonyl (C=O) groups is 2. The van der Waals surface area contributed by atoms with Gasteiger partial charge in [-0.3, -0.25) is 30.0 Å². The second kappa shape index (κ2) is 7.65. The van der Waals surface area contributed by atoms with E-state index in [-0.39, 0.29) is 24.1 Å². The number of pyridine rings is 1. The molecule has 0 bridgehead atoms. The fourth-order valence-electron chi connectivity index (χ4n) is 2.63. The van der Waals surface area contributed by atoms with Gasteiger partial charge in [0.1, 0.15) is 6.54 Å². The predicted octanol–water partition coefficient (Wildman–Crippen LogP) is -0.515. The van der Waals surface area contributed by atoms with Gasteiger partial charge in [0.05, 0.1) is 17.5 Å². The van der Waals surface area contributed by atoms with Gasteiger partial charge in [0, 0.05) is 24.7 Å². The van der Waals surface area contributed by atoms with Crippen LogP contribution in [0.25, 0.3) is 10.8 Å². The van der Waals surface area contributed by atoms with Gasteiger partial charge >= 0.3 is 0 Å². The van der Waals surface area contributed by atoms with E-state index < -0.39 is 11.8 Å². The molecule has 0 spiro atoms. The minimum absolute atomic E-state index is 0.125. The predicted molar refractivity (Wildman–Crippen MR) is 97.7 cm³/mol. The van der Waals surface area contributed by atoms with Crippen LogP contribution in [0, 0.1) is 0 Å². The van der Waals surface area contributed by atoms with E-state index in [1.165, 1.54) is 28.6 Å². The molecule has 0 fully saturated rings. The molecule has 27 heavy (non-hydrogen) atoms. The first-order valence-corrected chi connectivity index (χ1v) is 8.14. The lowest BCUT2D eigenvalue weighted by molar-refractivity contribution is -0.128. The number of hydrogen-bond acceptors (Lipinski definition) is 5. The summed E-state index contributed by atoms with van der Waals surface area (Å²) in [7, 11) is 1.51. The number of carbonyl (C=O) groups excluding carboxylic acids is 2. The maximum Gasteiger partial charge on any atom is 0.274 e. The van der Waals surface area contributed by atoms with Crippen molar-refractivity contribution < 1.29 is 9.59 Å². The summed E-state index contributed by atoms with van der Waals surface area (Å²) < 4.78 is 2.38. The second-order valence-electron chi connectivity index (χ2n) is 5.86. The van der Waals surface area contributed by atoms with Crippen molar-refractivity contribution in [1.29, 1.82) is 0 Å². The van der Waals surface area contributed by atoms with Gasteiger partial charge in [0.2, 0.25) is 5.91 Å². The number of benzene rings is 1. The fraction of sp³-hybridized carbons (Fsp3) is 0.167. The number of nitrogens with zero attached hydrogens (tertiary/aromatic N) is 3. The smallest absolute Gasteiger partial charge is 0.274 e. The van der Waals surface area contributed by atoms with Crippen molar-refractivity contribution in [2.24, 2.45) is 7.05 Å². The van der Waals surface area contributed by atoms with Crippen LogP contribution in [-0.4, -0.2) is 26.2 Å². The summed E-state index contributed by atoms with van der Waals surface area (Å²) in [5, 5.41) is 5.18. The quantitative estimate of drug-likeness (QED) is 0.603. The van der Waals surface area contributed by atoms with E-state index in [0.717, 1.165) is 0 Å². The van der Waals surface area contributed by atoms with Gasteiger partial charge < -0.3 is 4.57 Å². The third kappa shape index (κ3) is 4.09. The molecule has 1 aromatic carbocycles. The van der Waals surface area contributed by atoms with E-state index in [2.05, 4.69) is 16.0 Å². The highest BCUT2D eigenvalue weighted by Gasteiger charge is 2.13. The molecule has 2 amide bonds. The van der Waals surface area contributed by atoms with Crippen molar-refractivity contribution in [2.75, 3.05) is 0 Å². The number of fused-ring (bicyclic) bond motifs is 1.